The number of amides is 3. The van der Waals surface area contributed by atoms with E-state index in [1.54, 1.807) is 24.3 Å². The minimum atomic E-state index is -3.22. The number of urea groups is 1. The first-order chi connectivity index (χ1) is 11.8. The maximum Gasteiger partial charge on any atom is 0.315 e. The van der Waals surface area contributed by atoms with Gasteiger partial charge in [0.1, 0.15) is 0 Å². The summed E-state index contributed by atoms with van der Waals surface area (Å²) in [5, 5.41) is 8.06. The molecular formula is C16H20ClN3O4S. The molecule has 7 nitrogen and oxygen atoms in total. The predicted octanol–water partition coefficient (Wildman–Crippen LogP) is 1.69. The highest BCUT2D eigenvalue weighted by molar-refractivity contribution is 7.92. The van der Waals surface area contributed by atoms with Gasteiger partial charge in [-0.25, -0.2) is 13.2 Å². The molecule has 0 radical (unpaired) electrons. The quantitative estimate of drug-likeness (QED) is 0.512. The van der Waals surface area contributed by atoms with E-state index in [-0.39, 0.29) is 29.8 Å². The zero-order valence-electron chi connectivity index (χ0n) is 13.5. The second-order valence-corrected chi connectivity index (χ2v) is 9.12. The molecule has 0 bridgehead atoms. The van der Waals surface area contributed by atoms with Gasteiger partial charge in [0, 0.05) is 17.1 Å². The second-order valence-electron chi connectivity index (χ2n) is 6.42. The van der Waals surface area contributed by atoms with Crippen LogP contribution in [0.4, 0.5) is 10.5 Å². The van der Waals surface area contributed by atoms with Crippen LogP contribution in [0.1, 0.15) is 25.7 Å². The van der Waals surface area contributed by atoms with Crippen LogP contribution < -0.4 is 16.0 Å². The number of hydrogen-bond donors (Lipinski definition) is 3. The highest BCUT2D eigenvalue weighted by atomic mass is 35.5. The Morgan fingerprint density at radius 1 is 1.28 bits per heavy atom. The lowest BCUT2D eigenvalue weighted by molar-refractivity contribution is -0.116. The zero-order valence-corrected chi connectivity index (χ0v) is 15.1. The number of rotatable bonds is 6. The Morgan fingerprint density at radius 3 is 2.84 bits per heavy atom. The molecule has 3 atom stereocenters. The Hall–Kier alpha value is -1.80. The molecule has 0 saturated carbocycles. The fourth-order valence-corrected chi connectivity index (χ4v) is 5.89. The minimum absolute atomic E-state index is 0.0175. The lowest BCUT2D eigenvalue weighted by Crippen LogP contribution is -2.39. The molecule has 3 N–H and O–H groups in total. The maximum atomic E-state index is 12.2. The van der Waals surface area contributed by atoms with E-state index < -0.39 is 15.1 Å². The summed E-state index contributed by atoms with van der Waals surface area (Å²) in [5.41, 5.74) is 0.637. The third-order valence-corrected chi connectivity index (χ3v) is 7.08. The van der Waals surface area contributed by atoms with Crippen molar-refractivity contribution in [3.05, 3.63) is 29.3 Å². The Labute approximate surface area is 151 Å². The van der Waals surface area contributed by atoms with Crippen LogP contribution in [0.15, 0.2) is 24.3 Å². The van der Waals surface area contributed by atoms with E-state index >= 15 is 0 Å². The van der Waals surface area contributed by atoms with Crippen LogP contribution in [-0.4, -0.2) is 43.4 Å². The van der Waals surface area contributed by atoms with Gasteiger partial charge in [-0.1, -0.05) is 24.1 Å². The molecule has 3 rings (SSSR count). The van der Waals surface area contributed by atoms with Crippen molar-refractivity contribution in [2.45, 2.75) is 43.0 Å². The van der Waals surface area contributed by atoms with Crippen molar-refractivity contribution in [1.29, 1.82) is 0 Å². The fraction of sp³-hybridized carbons (Fsp3) is 0.500. The van der Waals surface area contributed by atoms with Gasteiger partial charge in [-0.05, 0) is 31.0 Å². The van der Waals surface area contributed by atoms with Crippen LogP contribution in [0.5, 0.6) is 0 Å². The van der Waals surface area contributed by atoms with Crippen LogP contribution in [0.3, 0.4) is 0 Å². The molecule has 136 valence electrons. The molecule has 1 aromatic carbocycles. The predicted molar refractivity (Wildman–Crippen MR) is 95.4 cm³/mol. The van der Waals surface area contributed by atoms with E-state index in [2.05, 4.69) is 16.0 Å². The van der Waals surface area contributed by atoms with Gasteiger partial charge in [-0.2, -0.15) is 0 Å². The molecule has 2 saturated heterocycles. The minimum Gasteiger partial charge on any atom is -0.332 e. The molecule has 0 aliphatic carbocycles. The summed E-state index contributed by atoms with van der Waals surface area (Å²) in [4.78, 5) is 23.3. The highest BCUT2D eigenvalue weighted by Gasteiger charge is 2.51. The average molecular weight is 386 g/mol. The maximum absolute atomic E-state index is 12.2. The van der Waals surface area contributed by atoms with Gasteiger partial charge in [0.2, 0.25) is 5.91 Å². The average Bonchev–Trinajstić information content (AvgIpc) is 2.96. The van der Waals surface area contributed by atoms with Crippen molar-refractivity contribution in [3.8, 4) is 0 Å². The first-order valence-electron chi connectivity index (χ1n) is 8.19. The lowest BCUT2D eigenvalue weighted by atomic mass is 10.0. The smallest absolute Gasteiger partial charge is 0.315 e. The number of halogens is 1. The Bertz CT molecular complexity index is 783. The summed E-state index contributed by atoms with van der Waals surface area (Å²) in [6.45, 7) is 0. The number of benzene rings is 1. The highest BCUT2D eigenvalue weighted by Crippen LogP contribution is 2.28. The molecule has 2 aliphatic heterocycles. The third kappa shape index (κ3) is 4.24. The van der Waals surface area contributed by atoms with Crippen molar-refractivity contribution in [1.82, 2.24) is 10.6 Å². The van der Waals surface area contributed by atoms with Gasteiger partial charge in [0.05, 0.1) is 23.1 Å². The van der Waals surface area contributed by atoms with Gasteiger partial charge in [-0.15, -0.1) is 0 Å². The van der Waals surface area contributed by atoms with E-state index in [4.69, 9.17) is 11.6 Å². The van der Waals surface area contributed by atoms with Crippen molar-refractivity contribution in [3.63, 3.8) is 0 Å². The molecule has 2 aliphatic rings. The molecule has 0 aromatic heterocycles. The van der Waals surface area contributed by atoms with Crippen molar-refractivity contribution >= 4 is 39.1 Å². The van der Waals surface area contributed by atoms with E-state index in [9.17, 15) is 18.0 Å². The third-order valence-electron chi connectivity index (χ3n) is 4.57. The number of nitrogens with one attached hydrogen (secondary N) is 3. The van der Waals surface area contributed by atoms with Crippen LogP contribution in [0, 0.1) is 0 Å². The number of hydrogen-bond acceptors (Lipinski definition) is 4. The van der Waals surface area contributed by atoms with Crippen LogP contribution in [0.2, 0.25) is 5.02 Å². The van der Waals surface area contributed by atoms with Crippen LogP contribution in [0.25, 0.3) is 0 Å². The molecule has 0 spiro atoms. The second kappa shape index (κ2) is 7.21. The number of anilines is 1. The lowest BCUT2D eigenvalue weighted by Gasteiger charge is -2.16. The summed E-state index contributed by atoms with van der Waals surface area (Å²) in [7, 11) is -3.22. The number of fused-ring (bicyclic) bond motifs is 1. The molecule has 2 heterocycles. The summed E-state index contributed by atoms with van der Waals surface area (Å²) in [5.74, 6) is -0.152. The van der Waals surface area contributed by atoms with Gasteiger partial charge in [-0.3, -0.25) is 4.79 Å². The summed E-state index contributed by atoms with van der Waals surface area (Å²) in [6.07, 6.45) is 1.93. The summed E-state index contributed by atoms with van der Waals surface area (Å²) >= 11 is 5.87. The standard InChI is InChI=1S/C16H20ClN3O4S/c17-10-4-3-5-11(8-10)18-14(21)7-2-1-6-13-15-12(9-25(13,23)24)19-16(22)20-15/h3-5,8,12-13,15H,1-2,6-7,9H2,(H,18,21)(H2,19,20,22)/t12-,13-,15+/m1/s1. The van der Waals surface area contributed by atoms with E-state index in [1.807, 2.05) is 0 Å². The van der Waals surface area contributed by atoms with Gasteiger partial charge < -0.3 is 16.0 Å². The number of carbonyl (C=O) groups is 2. The fourth-order valence-electron chi connectivity index (χ4n) is 3.43. The SMILES string of the molecule is O=C(CCCC[C@@H]1[C@H]2NC(=O)N[C@@H]2CS1(=O)=O)Nc1cccc(Cl)c1. The van der Waals surface area contributed by atoms with E-state index in [1.165, 1.54) is 0 Å². The van der Waals surface area contributed by atoms with E-state index in [0.717, 1.165) is 0 Å². The van der Waals surface area contributed by atoms with Crippen molar-refractivity contribution in [2.75, 3.05) is 11.1 Å². The van der Waals surface area contributed by atoms with Crippen molar-refractivity contribution in [2.24, 2.45) is 0 Å². The van der Waals surface area contributed by atoms with E-state index in [0.29, 0.717) is 36.4 Å². The molecule has 0 unspecified atom stereocenters. The Morgan fingerprint density at radius 2 is 2.08 bits per heavy atom. The number of carbonyl (C=O) groups excluding carboxylic acids is 2. The van der Waals surface area contributed by atoms with Crippen LogP contribution in [-0.2, 0) is 14.6 Å². The molecule has 25 heavy (non-hydrogen) atoms. The van der Waals surface area contributed by atoms with Crippen LogP contribution >= 0.6 is 11.6 Å². The summed E-state index contributed by atoms with van der Waals surface area (Å²) < 4.78 is 24.4. The zero-order chi connectivity index (χ0) is 18.0. The number of sulfone groups is 1. The number of unbranched alkanes of at least 4 members (excludes halogenated alkanes) is 1. The van der Waals surface area contributed by atoms with Crippen molar-refractivity contribution < 1.29 is 18.0 Å². The molecule has 3 amide bonds. The first kappa shape index (κ1) is 18.0. The molecular weight excluding hydrogens is 366 g/mol. The monoisotopic (exact) mass is 385 g/mol. The normalized spacial score (nSPS) is 26.6. The van der Waals surface area contributed by atoms with Gasteiger partial charge in [0.25, 0.3) is 0 Å². The summed E-state index contributed by atoms with van der Waals surface area (Å²) in [6, 6.07) is 5.89. The van der Waals surface area contributed by atoms with Gasteiger partial charge >= 0.3 is 6.03 Å². The van der Waals surface area contributed by atoms with Gasteiger partial charge in [0.15, 0.2) is 9.84 Å². The molecule has 2 fully saturated rings. The Kier molecular flexibility index (Phi) is 5.19. The topological polar surface area (TPSA) is 104 Å². The molecule has 9 heteroatoms. The molecule has 1 aromatic rings. The largest absolute Gasteiger partial charge is 0.332 e. The first-order valence-corrected chi connectivity index (χ1v) is 10.3. The Balaban J connectivity index is 1.45.